The van der Waals surface area contributed by atoms with Crippen molar-refractivity contribution in [1.82, 2.24) is 0 Å². The Morgan fingerprint density at radius 2 is 1.24 bits per heavy atom. The molecule has 0 aromatic heterocycles. The first-order valence-electron chi connectivity index (χ1n) is 23.4. The fourth-order valence-electron chi connectivity index (χ4n) is 13.3. The maximum atomic E-state index is 7.15. The highest BCUT2D eigenvalue weighted by Gasteiger charge is 2.61. The molecule has 4 aliphatic carbocycles. The van der Waals surface area contributed by atoms with E-state index in [-0.39, 0.29) is 24.4 Å². The molecule has 0 amide bonds. The van der Waals surface area contributed by atoms with Crippen LogP contribution in [0.3, 0.4) is 0 Å². The van der Waals surface area contributed by atoms with Gasteiger partial charge in [-0.15, -0.1) is 0 Å². The zero-order chi connectivity index (χ0) is 40.1. The van der Waals surface area contributed by atoms with Gasteiger partial charge in [0.15, 0.2) is 6.29 Å². The van der Waals surface area contributed by atoms with Crippen molar-refractivity contribution in [2.75, 3.05) is 6.61 Å². The highest BCUT2D eigenvalue weighted by atomic mass is 16.7. The molecule has 5 nitrogen and oxygen atoms in total. The molecule has 5 fully saturated rings. The third kappa shape index (κ3) is 9.35. The van der Waals surface area contributed by atoms with E-state index in [2.05, 4.69) is 113 Å². The van der Waals surface area contributed by atoms with E-state index in [4.69, 9.17) is 23.7 Å². The van der Waals surface area contributed by atoms with E-state index in [1.165, 1.54) is 64.2 Å². The molecule has 0 N–H and O–H groups in total. The molecule has 3 aromatic carbocycles. The van der Waals surface area contributed by atoms with E-state index in [9.17, 15) is 0 Å². The molecule has 1 saturated heterocycles. The number of ether oxygens (including phenoxy) is 5. The molecule has 0 unspecified atom stereocenters. The van der Waals surface area contributed by atoms with E-state index < -0.39 is 6.29 Å². The van der Waals surface area contributed by atoms with Crippen LogP contribution in [0.5, 0.6) is 0 Å². The largest absolute Gasteiger partial charge is 0.374 e. The van der Waals surface area contributed by atoms with Crippen LogP contribution in [-0.2, 0) is 43.5 Å². The number of rotatable bonds is 17. The van der Waals surface area contributed by atoms with Gasteiger partial charge >= 0.3 is 0 Å². The molecular formula is C53H74O5. The molecule has 0 radical (unpaired) electrons. The first-order chi connectivity index (χ1) is 28.2. The Kier molecular flexibility index (Phi) is 13.8. The van der Waals surface area contributed by atoms with Crippen LogP contribution < -0.4 is 0 Å². The Balaban J connectivity index is 0.945. The summed E-state index contributed by atoms with van der Waals surface area (Å²) in [5.74, 6) is 5.97. The zero-order valence-corrected chi connectivity index (χ0v) is 36.4. The Labute approximate surface area is 351 Å². The Bertz CT molecular complexity index is 1680. The van der Waals surface area contributed by atoms with Crippen molar-refractivity contribution in [3.63, 3.8) is 0 Å². The molecule has 58 heavy (non-hydrogen) atoms. The normalized spacial score (nSPS) is 36.3. The minimum absolute atomic E-state index is 0.151. The predicted molar refractivity (Wildman–Crippen MR) is 233 cm³/mol. The number of benzene rings is 3. The topological polar surface area (TPSA) is 46.2 Å². The van der Waals surface area contributed by atoms with Crippen LogP contribution in [0.2, 0.25) is 0 Å². The van der Waals surface area contributed by atoms with Crippen molar-refractivity contribution in [2.24, 2.45) is 52.3 Å². The summed E-state index contributed by atoms with van der Waals surface area (Å²) in [6.07, 6.45) is 14.8. The van der Waals surface area contributed by atoms with Gasteiger partial charge in [-0.25, -0.2) is 0 Å². The van der Waals surface area contributed by atoms with Crippen LogP contribution in [0.15, 0.2) is 91.0 Å². The lowest BCUT2D eigenvalue weighted by molar-refractivity contribution is -0.225. The van der Waals surface area contributed by atoms with Gasteiger partial charge in [-0.1, -0.05) is 145 Å². The fraction of sp³-hybridized carbons (Fsp3) is 0.660. The van der Waals surface area contributed by atoms with Crippen molar-refractivity contribution in [2.45, 2.75) is 162 Å². The second-order valence-corrected chi connectivity index (χ2v) is 20.3. The maximum absolute atomic E-state index is 7.15. The van der Waals surface area contributed by atoms with E-state index >= 15 is 0 Å². The van der Waals surface area contributed by atoms with Crippen molar-refractivity contribution in [1.29, 1.82) is 0 Å². The van der Waals surface area contributed by atoms with Gasteiger partial charge < -0.3 is 23.7 Å². The summed E-state index contributed by atoms with van der Waals surface area (Å²) >= 11 is 0. The molecule has 13 atom stereocenters. The molecule has 1 heterocycles. The SMILES string of the molecule is CC(C)CCC[C@@H](C)[C@H]1CC[C@H]2[C@@H]3CC[C@H]4C[C@@H](O[C@@H]5O[C@H](COCc6ccccc6)[C@@H](OCc6ccccc6)[C@H]5OCc5ccccc5)CC[C@]4(C)[C@H]3CC[C@]12C. The molecule has 5 aliphatic rings. The van der Waals surface area contributed by atoms with Gasteiger partial charge in [-0.2, -0.15) is 0 Å². The first-order valence-corrected chi connectivity index (χ1v) is 23.4. The van der Waals surface area contributed by atoms with Crippen molar-refractivity contribution in [3.8, 4) is 0 Å². The minimum Gasteiger partial charge on any atom is -0.374 e. The lowest BCUT2D eigenvalue weighted by Crippen LogP contribution is -2.54. The number of hydrogen-bond acceptors (Lipinski definition) is 5. The highest BCUT2D eigenvalue weighted by molar-refractivity contribution is 5.16. The van der Waals surface area contributed by atoms with Crippen LogP contribution in [0.1, 0.15) is 128 Å². The lowest BCUT2D eigenvalue weighted by atomic mass is 9.44. The maximum Gasteiger partial charge on any atom is 0.187 e. The van der Waals surface area contributed by atoms with E-state index in [1.54, 1.807) is 0 Å². The quantitative estimate of drug-likeness (QED) is 0.136. The minimum atomic E-state index is -0.520. The van der Waals surface area contributed by atoms with Gasteiger partial charge in [0.2, 0.25) is 0 Å². The molecule has 1 aliphatic heterocycles. The monoisotopic (exact) mass is 791 g/mol. The molecular weight excluding hydrogens is 717 g/mol. The van der Waals surface area contributed by atoms with E-state index in [0.29, 0.717) is 43.2 Å². The smallest absolute Gasteiger partial charge is 0.187 e. The first kappa shape index (κ1) is 42.2. The summed E-state index contributed by atoms with van der Waals surface area (Å²) in [4.78, 5) is 0. The molecule has 4 saturated carbocycles. The molecule has 0 bridgehead atoms. The van der Waals surface area contributed by atoms with E-state index in [0.717, 1.165) is 65.0 Å². The Morgan fingerprint density at radius 1 is 0.638 bits per heavy atom. The third-order valence-corrected chi connectivity index (χ3v) is 16.4. The van der Waals surface area contributed by atoms with Gasteiger partial charge in [0, 0.05) is 0 Å². The van der Waals surface area contributed by atoms with Gasteiger partial charge in [0.1, 0.15) is 18.3 Å². The summed E-state index contributed by atoms with van der Waals surface area (Å²) in [6.45, 7) is 14.7. The summed E-state index contributed by atoms with van der Waals surface area (Å²) in [7, 11) is 0. The zero-order valence-electron chi connectivity index (χ0n) is 36.4. The van der Waals surface area contributed by atoms with Gasteiger partial charge in [0.05, 0.1) is 32.5 Å². The molecule has 0 spiro atoms. The molecule has 5 heteroatoms. The fourth-order valence-corrected chi connectivity index (χ4v) is 13.3. The van der Waals surface area contributed by atoms with Crippen LogP contribution in [0.25, 0.3) is 0 Å². The van der Waals surface area contributed by atoms with Crippen LogP contribution >= 0.6 is 0 Å². The van der Waals surface area contributed by atoms with Gasteiger partial charge in [-0.05, 0) is 127 Å². The van der Waals surface area contributed by atoms with Crippen molar-refractivity contribution < 1.29 is 23.7 Å². The molecule has 8 rings (SSSR count). The Morgan fingerprint density at radius 3 is 1.90 bits per heavy atom. The van der Waals surface area contributed by atoms with Gasteiger partial charge in [0.25, 0.3) is 0 Å². The average Bonchev–Trinajstić information content (AvgIpc) is 3.76. The molecule has 316 valence electrons. The van der Waals surface area contributed by atoms with Gasteiger partial charge in [-0.3, -0.25) is 0 Å². The number of hydrogen-bond donors (Lipinski definition) is 0. The van der Waals surface area contributed by atoms with E-state index in [1.807, 2.05) is 12.1 Å². The summed E-state index contributed by atoms with van der Waals surface area (Å²) in [5, 5.41) is 0. The summed E-state index contributed by atoms with van der Waals surface area (Å²) in [6, 6.07) is 31.2. The lowest BCUT2D eigenvalue weighted by Gasteiger charge is -2.61. The van der Waals surface area contributed by atoms with Crippen molar-refractivity contribution >= 4 is 0 Å². The average molecular weight is 791 g/mol. The third-order valence-electron chi connectivity index (χ3n) is 16.4. The number of fused-ring (bicyclic) bond motifs is 5. The standard InChI is InChI=1S/C53H74O5/c1-37(2)16-15-17-38(3)45-26-27-46-44-25-24-42-32-43(28-30-52(42,4)47(44)29-31-53(45,46)5)57-51-50(56-35-41-22-13-8-14-23-41)49(55-34-40-20-11-7-12-21-40)48(58-51)36-54-33-39-18-9-6-10-19-39/h6-14,18-23,37-38,42-51H,15-17,24-36H2,1-5H3/t38-,42+,43+,44+,45-,46+,47+,48-,49-,50-,51-,52+,53-/m1/s1. The highest BCUT2D eigenvalue weighted by Crippen LogP contribution is 2.68. The second kappa shape index (κ2) is 19.0. The Hall–Kier alpha value is -2.54. The van der Waals surface area contributed by atoms with Crippen molar-refractivity contribution in [3.05, 3.63) is 108 Å². The second-order valence-electron chi connectivity index (χ2n) is 20.3. The van der Waals surface area contributed by atoms with Crippen LogP contribution in [-0.4, -0.2) is 37.3 Å². The van der Waals surface area contributed by atoms with Crippen LogP contribution in [0, 0.1) is 52.3 Å². The van der Waals surface area contributed by atoms with Crippen LogP contribution in [0.4, 0.5) is 0 Å². The predicted octanol–water partition coefficient (Wildman–Crippen LogP) is 12.6. The summed E-state index contributed by atoms with van der Waals surface area (Å²) in [5.41, 5.74) is 4.35. The summed E-state index contributed by atoms with van der Waals surface area (Å²) < 4.78 is 33.9. The molecule has 3 aromatic rings.